The molecule has 4 heterocycles. The number of nitrogens with two attached hydrogens (primary N) is 1. The number of nitrogens with one attached hydrogen (secondary N) is 2. The second-order valence-corrected chi connectivity index (χ2v) is 10.6. The van der Waals surface area contributed by atoms with E-state index in [1.807, 2.05) is 0 Å². The van der Waals surface area contributed by atoms with Gasteiger partial charge in [0, 0.05) is 18.3 Å². The summed E-state index contributed by atoms with van der Waals surface area (Å²) >= 11 is 0. The van der Waals surface area contributed by atoms with Crippen molar-refractivity contribution in [2.75, 3.05) is 17.2 Å². The van der Waals surface area contributed by atoms with Crippen molar-refractivity contribution in [2.45, 2.75) is 51.4 Å². The lowest BCUT2D eigenvalue weighted by atomic mass is 9.83. The normalized spacial score (nSPS) is 17.1. The standard InChI is InChI=1S/C27H26F5N7O2/c1-13-19(39-10-6-9-17(23(39)35-13)41-11-14-15(28)7-5-8-16(14)29)22-36-20(34-12-25(2,3)33)18-21(37-22)38-24(40)26(18,4)27(30,31)32/h5-10H,11-12,33H2,1-4H3,(H2,34,36,37,38,40). The number of carbonyl (C=O) groups excluding carboxylic acids is 1. The van der Waals surface area contributed by atoms with Gasteiger partial charge < -0.3 is 21.1 Å². The fraction of sp³-hybridized carbons (Fsp3) is 0.333. The van der Waals surface area contributed by atoms with Gasteiger partial charge in [0.2, 0.25) is 5.91 Å². The summed E-state index contributed by atoms with van der Waals surface area (Å²) in [5, 5.41) is 5.13. The average molecular weight is 576 g/mol. The Hall–Kier alpha value is -4.33. The molecule has 1 amide bonds. The Morgan fingerprint density at radius 3 is 2.41 bits per heavy atom. The zero-order valence-electron chi connectivity index (χ0n) is 22.5. The van der Waals surface area contributed by atoms with E-state index in [0.717, 1.165) is 19.1 Å². The molecule has 0 saturated heterocycles. The number of rotatable bonds is 7. The van der Waals surface area contributed by atoms with Gasteiger partial charge in [-0.3, -0.25) is 9.20 Å². The molecule has 3 aromatic heterocycles. The molecule has 1 aromatic carbocycles. The first kappa shape index (κ1) is 28.2. The molecule has 4 N–H and O–H groups in total. The summed E-state index contributed by atoms with van der Waals surface area (Å²) in [6.07, 6.45) is -3.34. The van der Waals surface area contributed by atoms with E-state index in [0.29, 0.717) is 11.4 Å². The second-order valence-electron chi connectivity index (χ2n) is 10.6. The predicted octanol–water partition coefficient (Wildman–Crippen LogP) is 4.88. The van der Waals surface area contributed by atoms with Crippen molar-refractivity contribution in [2.24, 2.45) is 5.73 Å². The molecule has 4 aromatic rings. The van der Waals surface area contributed by atoms with Crippen molar-refractivity contribution >= 4 is 23.2 Å². The van der Waals surface area contributed by atoms with Crippen LogP contribution in [0.2, 0.25) is 0 Å². The summed E-state index contributed by atoms with van der Waals surface area (Å²) in [7, 11) is 0. The molecule has 0 spiro atoms. The first-order valence-corrected chi connectivity index (χ1v) is 12.5. The van der Waals surface area contributed by atoms with Crippen LogP contribution in [0.4, 0.5) is 33.6 Å². The van der Waals surface area contributed by atoms with Gasteiger partial charge in [0.1, 0.15) is 35.6 Å². The van der Waals surface area contributed by atoms with Crippen LogP contribution in [0.25, 0.3) is 17.2 Å². The molecule has 14 heteroatoms. The third-order valence-electron chi connectivity index (χ3n) is 6.81. The third kappa shape index (κ3) is 4.81. The van der Waals surface area contributed by atoms with Crippen LogP contribution in [-0.4, -0.2) is 43.5 Å². The minimum absolute atomic E-state index is 0.0323. The van der Waals surface area contributed by atoms with Crippen molar-refractivity contribution in [1.29, 1.82) is 0 Å². The lowest BCUT2D eigenvalue weighted by molar-refractivity contribution is -0.186. The minimum Gasteiger partial charge on any atom is -0.485 e. The number of nitrogens with zero attached hydrogens (tertiary/aromatic N) is 4. The van der Waals surface area contributed by atoms with E-state index in [4.69, 9.17) is 10.5 Å². The molecule has 1 aliphatic heterocycles. The van der Waals surface area contributed by atoms with Crippen LogP contribution in [0.1, 0.15) is 37.6 Å². The highest BCUT2D eigenvalue weighted by Crippen LogP contribution is 2.50. The Kier molecular flexibility index (Phi) is 6.64. The molecule has 1 aliphatic rings. The number of fused-ring (bicyclic) bond motifs is 2. The summed E-state index contributed by atoms with van der Waals surface area (Å²) in [6.45, 7) is 5.38. The molecule has 1 atom stereocenters. The molecule has 0 radical (unpaired) electrons. The van der Waals surface area contributed by atoms with Crippen LogP contribution in [0, 0.1) is 18.6 Å². The van der Waals surface area contributed by atoms with Crippen LogP contribution in [-0.2, 0) is 16.8 Å². The summed E-state index contributed by atoms with van der Waals surface area (Å²) in [5.41, 5.74) is 2.56. The van der Waals surface area contributed by atoms with Gasteiger partial charge in [0.25, 0.3) is 0 Å². The van der Waals surface area contributed by atoms with E-state index in [-0.39, 0.29) is 41.0 Å². The van der Waals surface area contributed by atoms with E-state index in [9.17, 15) is 26.7 Å². The number of pyridine rings is 1. The van der Waals surface area contributed by atoms with E-state index >= 15 is 0 Å². The number of ether oxygens (including phenoxy) is 1. The van der Waals surface area contributed by atoms with Crippen molar-refractivity contribution in [3.63, 3.8) is 0 Å². The van der Waals surface area contributed by atoms with Crippen LogP contribution in [0.15, 0.2) is 36.5 Å². The highest BCUT2D eigenvalue weighted by molar-refractivity contribution is 6.07. The highest BCUT2D eigenvalue weighted by Gasteiger charge is 2.63. The van der Waals surface area contributed by atoms with Crippen molar-refractivity contribution < 1.29 is 31.5 Å². The van der Waals surface area contributed by atoms with Gasteiger partial charge in [-0.05, 0) is 52.0 Å². The lowest BCUT2D eigenvalue weighted by Crippen LogP contribution is -2.46. The smallest absolute Gasteiger partial charge is 0.407 e. The Labute approximate surface area is 231 Å². The van der Waals surface area contributed by atoms with Crippen molar-refractivity contribution in [3.8, 4) is 17.3 Å². The number of halogens is 5. The predicted molar refractivity (Wildman–Crippen MR) is 140 cm³/mol. The van der Waals surface area contributed by atoms with Gasteiger partial charge in [0.05, 0.1) is 16.8 Å². The number of carbonyl (C=O) groups is 1. The van der Waals surface area contributed by atoms with Gasteiger partial charge in [-0.15, -0.1) is 0 Å². The van der Waals surface area contributed by atoms with Gasteiger partial charge >= 0.3 is 6.18 Å². The zero-order valence-corrected chi connectivity index (χ0v) is 22.5. The molecule has 5 rings (SSSR count). The van der Waals surface area contributed by atoms with Crippen molar-refractivity contribution in [3.05, 3.63) is 65.0 Å². The summed E-state index contributed by atoms with van der Waals surface area (Å²) in [6, 6.07) is 6.62. The maximum atomic E-state index is 14.2. The molecule has 0 saturated carbocycles. The average Bonchev–Trinajstić information content (AvgIpc) is 3.35. The molecule has 1 unspecified atom stereocenters. The number of hydrogen-bond acceptors (Lipinski definition) is 7. The Morgan fingerprint density at radius 2 is 1.78 bits per heavy atom. The quantitative estimate of drug-likeness (QED) is 0.269. The maximum absolute atomic E-state index is 14.2. The van der Waals surface area contributed by atoms with E-state index < -0.39 is 46.8 Å². The molecule has 9 nitrogen and oxygen atoms in total. The van der Waals surface area contributed by atoms with E-state index in [1.54, 1.807) is 43.5 Å². The highest BCUT2D eigenvalue weighted by atomic mass is 19.4. The van der Waals surface area contributed by atoms with Crippen molar-refractivity contribution in [1.82, 2.24) is 19.4 Å². The van der Waals surface area contributed by atoms with Crippen LogP contribution in [0.5, 0.6) is 5.75 Å². The number of anilines is 2. The molecule has 216 valence electrons. The largest absolute Gasteiger partial charge is 0.485 e. The summed E-state index contributed by atoms with van der Waals surface area (Å²) in [4.78, 5) is 25.9. The Morgan fingerprint density at radius 1 is 1.10 bits per heavy atom. The lowest BCUT2D eigenvalue weighted by Gasteiger charge is -2.28. The Bertz CT molecular complexity index is 1660. The maximum Gasteiger partial charge on any atom is 0.407 e. The van der Waals surface area contributed by atoms with Crippen LogP contribution in [0.3, 0.4) is 0 Å². The fourth-order valence-corrected chi connectivity index (χ4v) is 4.54. The Balaban J connectivity index is 1.62. The number of hydrogen-bond donors (Lipinski definition) is 3. The number of amides is 1. The van der Waals surface area contributed by atoms with E-state index in [2.05, 4.69) is 25.6 Å². The van der Waals surface area contributed by atoms with Gasteiger partial charge in [0.15, 0.2) is 22.6 Å². The minimum atomic E-state index is -4.94. The first-order valence-electron chi connectivity index (χ1n) is 12.5. The fourth-order valence-electron chi connectivity index (χ4n) is 4.54. The molecule has 0 aliphatic carbocycles. The first-order chi connectivity index (χ1) is 19.1. The molecular weight excluding hydrogens is 549 g/mol. The number of imidazole rings is 1. The molecular formula is C27H26F5N7O2. The van der Waals surface area contributed by atoms with Gasteiger partial charge in [-0.1, -0.05) is 6.07 Å². The topological polar surface area (TPSA) is 119 Å². The second kappa shape index (κ2) is 9.65. The summed E-state index contributed by atoms with van der Waals surface area (Å²) in [5.74, 6) is -3.17. The monoisotopic (exact) mass is 575 g/mol. The zero-order chi connectivity index (χ0) is 29.9. The van der Waals surface area contributed by atoms with Gasteiger partial charge in [-0.25, -0.2) is 23.7 Å². The number of aryl methyl sites for hydroxylation is 1. The third-order valence-corrected chi connectivity index (χ3v) is 6.81. The number of alkyl halides is 3. The molecule has 41 heavy (non-hydrogen) atoms. The molecule has 0 fully saturated rings. The SMILES string of the molecule is Cc1nc2c(OCc3c(F)cccc3F)cccn2c1-c1nc(NCC(C)(C)N)c2c(n1)NC(=O)C2(C)C(F)(F)F. The number of benzene rings is 1. The number of aromatic nitrogens is 4. The van der Waals surface area contributed by atoms with Crippen LogP contribution >= 0.6 is 0 Å². The van der Waals surface area contributed by atoms with Gasteiger partial charge in [-0.2, -0.15) is 13.2 Å². The summed E-state index contributed by atoms with van der Waals surface area (Å²) < 4.78 is 78.2. The molecule has 0 bridgehead atoms. The van der Waals surface area contributed by atoms with Crippen LogP contribution < -0.4 is 21.1 Å². The van der Waals surface area contributed by atoms with E-state index in [1.165, 1.54) is 6.07 Å².